The lowest BCUT2D eigenvalue weighted by Gasteiger charge is -2.32. The Morgan fingerprint density at radius 1 is 1.39 bits per heavy atom. The molecule has 0 unspecified atom stereocenters. The molecule has 1 N–H and O–H groups in total. The van der Waals surface area contributed by atoms with Crippen LogP contribution in [0.25, 0.3) is 0 Å². The van der Waals surface area contributed by atoms with Crippen LogP contribution in [0.4, 0.5) is 4.79 Å². The molecule has 6 heteroatoms. The molecular weight excluding hydrogens is 232 g/mol. The molecule has 0 bridgehead atoms. The summed E-state index contributed by atoms with van der Waals surface area (Å²) in [5.74, 6) is 0.177. The van der Waals surface area contributed by atoms with Crippen molar-refractivity contribution in [3.05, 3.63) is 0 Å². The van der Waals surface area contributed by atoms with Crippen LogP contribution in [0, 0.1) is 5.41 Å². The maximum absolute atomic E-state index is 12.1. The molecular formula is C12H22N4O2. The molecule has 2 saturated heterocycles. The number of urea groups is 1. The second kappa shape index (κ2) is 4.76. The van der Waals surface area contributed by atoms with Gasteiger partial charge in [-0.1, -0.05) is 0 Å². The van der Waals surface area contributed by atoms with Crippen LogP contribution in [0.3, 0.4) is 0 Å². The van der Waals surface area contributed by atoms with Crippen molar-refractivity contribution in [3.63, 3.8) is 0 Å². The zero-order valence-corrected chi connectivity index (χ0v) is 11.4. The summed E-state index contributed by atoms with van der Waals surface area (Å²) in [5, 5.41) is 3.35. The van der Waals surface area contributed by atoms with Gasteiger partial charge in [0, 0.05) is 65.7 Å². The van der Waals surface area contributed by atoms with E-state index in [2.05, 4.69) is 5.32 Å². The Kier molecular flexibility index (Phi) is 3.47. The van der Waals surface area contributed by atoms with Gasteiger partial charge in [-0.05, 0) is 0 Å². The van der Waals surface area contributed by atoms with Crippen molar-refractivity contribution < 1.29 is 9.59 Å². The molecule has 0 aromatic rings. The molecule has 3 amide bonds. The zero-order chi connectivity index (χ0) is 13.3. The summed E-state index contributed by atoms with van der Waals surface area (Å²) in [4.78, 5) is 29.1. The average Bonchev–Trinajstić information content (AvgIpc) is 2.49. The summed E-state index contributed by atoms with van der Waals surface area (Å²) < 4.78 is 0. The third-order valence-corrected chi connectivity index (χ3v) is 3.76. The van der Waals surface area contributed by atoms with Crippen molar-refractivity contribution in [2.75, 3.05) is 53.9 Å². The third kappa shape index (κ3) is 2.43. The van der Waals surface area contributed by atoms with Crippen LogP contribution in [0.2, 0.25) is 0 Å². The van der Waals surface area contributed by atoms with E-state index in [0.717, 1.165) is 19.6 Å². The predicted octanol–water partition coefficient (Wildman–Crippen LogP) is -0.578. The third-order valence-electron chi connectivity index (χ3n) is 3.76. The second-order valence-corrected chi connectivity index (χ2v) is 5.70. The van der Waals surface area contributed by atoms with Gasteiger partial charge in [0.1, 0.15) is 0 Å². The second-order valence-electron chi connectivity index (χ2n) is 5.70. The normalized spacial score (nSPS) is 28.7. The lowest BCUT2D eigenvalue weighted by atomic mass is 9.86. The Labute approximate surface area is 108 Å². The van der Waals surface area contributed by atoms with Gasteiger partial charge < -0.3 is 20.0 Å². The van der Waals surface area contributed by atoms with Gasteiger partial charge in [-0.25, -0.2) is 4.79 Å². The number of nitrogens with one attached hydrogen (secondary N) is 1. The summed E-state index contributed by atoms with van der Waals surface area (Å²) in [6, 6.07) is 0.0278. The van der Waals surface area contributed by atoms with Crippen LogP contribution in [-0.2, 0) is 4.79 Å². The van der Waals surface area contributed by atoms with Gasteiger partial charge in [-0.2, -0.15) is 0 Å². The fourth-order valence-electron chi connectivity index (χ4n) is 2.88. The number of nitrogens with zero attached hydrogens (tertiary/aromatic N) is 3. The van der Waals surface area contributed by atoms with E-state index in [-0.39, 0.29) is 17.4 Å². The molecule has 2 heterocycles. The first-order chi connectivity index (χ1) is 8.43. The van der Waals surface area contributed by atoms with Gasteiger partial charge in [-0.15, -0.1) is 0 Å². The quantitative estimate of drug-likeness (QED) is 0.629. The summed E-state index contributed by atoms with van der Waals surface area (Å²) in [6.45, 7) is 3.69. The molecule has 0 aromatic carbocycles. The highest BCUT2D eigenvalue weighted by Gasteiger charge is 2.44. The van der Waals surface area contributed by atoms with E-state index in [1.165, 1.54) is 0 Å². The first-order valence-corrected chi connectivity index (χ1v) is 6.34. The van der Waals surface area contributed by atoms with Gasteiger partial charge in [0.2, 0.25) is 5.91 Å². The molecule has 2 aliphatic heterocycles. The minimum Gasteiger partial charge on any atom is -0.345 e. The van der Waals surface area contributed by atoms with Gasteiger partial charge in [0.05, 0.1) is 0 Å². The Bertz CT molecular complexity index is 358. The van der Waals surface area contributed by atoms with E-state index in [0.29, 0.717) is 19.5 Å². The number of likely N-dealkylation sites (tertiary alicyclic amines) is 1. The summed E-state index contributed by atoms with van der Waals surface area (Å²) in [5.41, 5.74) is -0.117. The van der Waals surface area contributed by atoms with Crippen molar-refractivity contribution in [2.45, 2.75) is 6.42 Å². The minimum atomic E-state index is -0.117. The molecule has 0 aromatic heterocycles. The number of amides is 3. The topological polar surface area (TPSA) is 55.9 Å². The lowest BCUT2D eigenvalue weighted by molar-refractivity contribution is -0.126. The molecule has 0 aliphatic carbocycles. The number of hydrogen-bond acceptors (Lipinski definition) is 3. The molecule has 2 rings (SSSR count). The Balaban J connectivity index is 2.13. The number of hydrogen-bond donors (Lipinski definition) is 1. The number of carbonyl (C=O) groups is 2. The summed E-state index contributed by atoms with van der Waals surface area (Å²) in [6.07, 6.45) is 0.535. The van der Waals surface area contributed by atoms with Crippen molar-refractivity contribution in [1.82, 2.24) is 20.0 Å². The summed E-state index contributed by atoms with van der Waals surface area (Å²) >= 11 is 0. The van der Waals surface area contributed by atoms with Crippen molar-refractivity contribution in [2.24, 2.45) is 5.41 Å². The molecule has 102 valence electrons. The van der Waals surface area contributed by atoms with Crippen molar-refractivity contribution in [3.8, 4) is 0 Å². The SMILES string of the molecule is CN(C)C(=O)N1CCNC[C@@]2(CC(=O)N(C)C2)C1. The fourth-order valence-corrected chi connectivity index (χ4v) is 2.88. The zero-order valence-electron chi connectivity index (χ0n) is 11.4. The molecule has 1 atom stereocenters. The minimum absolute atomic E-state index is 0.0278. The van der Waals surface area contributed by atoms with Crippen molar-refractivity contribution in [1.29, 1.82) is 0 Å². The van der Waals surface area contributed by atoms with Crippen LogP contribution in [0.5, 0.6) is 0 Å². The number of rotatable bonds is 0. The van der Waals surface area contributed by atoms with E-state index in [4.69, 9.17) is 0 Å². The monoisotopic (exact) mass is 254 g/mol. The maximum Gasteiger partial charge on any atom is 0.319 e. The molecule has 0 saturated carbocycles. The van der Waals surface area contributed by atoms with Gasteiger partial charge in [-0.3, -0.25) is 4.79 Å². The van der Waals surface area contributed by atoms with Crippen LogP contribution in [0.1, 0.15) is 6.42 Å². The summed E-state index contributed by atoms with van der Waals surface area (Å²) in [7, 11) is 5.36. The predicted molar refractivity (Wildman–Crippen MR) is 68.2 cm³/mol. The van der Waals surface area contributed by atoms with E-state index in [1.54, 1.807) is 23.9 Å². The van der Waals surface area contributed by atoms with Crippen LogP contribution in [0.15, 0.2) is 0 Å². The molecule has 2 aliphatic rings. The Morgan fingerprint density at radius 3 is 2.67 bits per heavy atom. The lowest BCUT2D eigenvalue weighted by Crippen LogP contribution is -2.46. The van der Waals surface area contributed by atoms with Crippen LogP contribution in [-0.4, -0.2) is 80.5 Å². The Morgan fingerprint density at radius 2 is 2.11 bits per heavy atom. The average molecular weight is 254 g/mol. The van der Waals surface area contributed by atoms with Gasteiger partial charge >= 0.3 is 6.03 Å². The number of carbonyl (C=O) groups excluding carboxylic acids is 2. The molecule has 6 nitrogen and oxygen atoms in total. The standard InChI is InChI=1S/C12H22N4O2/c1-14(2)11(18)16-5-4-13-7-12(9-16)6-10(17)15(3)8-12/h13H,4-9H2,1-3H3/t12-/m1/s1. The molecule has 0 radical (unpaired) electrons. The van der Waals surface area contributed by atoms with Crippen LogP contribution >= 0.6 is 0 Å². The highest BCUT2D eigenvalue weighted by atomic mass is 16.2. The molecule has 18 heavy (non-hydrogen) atoms. The van der Waals surface area contributed by atoms with Crippen molar-refractivity contribution >= 4 is 11.9 Å². The molecule has 2 fully saturated rings. The first kappa shape index (κ1) is 13.1. The van der Waals surface area contributed by atoms with Gasteiger partial charge in [0.25, 0.3) is 0 Å². The van der Waals surface area contributed by atoms with E-state index < -0.39 is 0 Å². The smallest absolute Gasteiger partial charge is 0.319 e. The van der Waals surface area contributed by atoms with E-state index in [9.17, 15) is 9.59 Å². The highest BCUT2D eigenvalue weighted by molar-refractivity contribution is 5.80. The largest absolute Gasteiger partial charge is 0.345 e. The van der Waals surface area contributed by atoms with E-state index >= 15 is 0 Å². The molecule has 1 spiro atoms. The fraction of sp³-hybridized carbons (Fsp3) is 0.833. The maximum atomic E-state index is 12.1. The highest BCUT2D eigenvalue weighted by Crippen LogP contribution is 2.32. The first-order valence-electron chi connectivity index (χ1n) is 6.34. The van der Waals surface area contributed by atoms with Crippen LogP contribution < -0.4 is 5.32 Å². The Hall–Kier alpha value is -1.30. The van der Waals surface area contributed by atoms with Gasteiger partial charge in [0.15, 0.2) is 0 Å². The van der Waals surface area contributed by atoms with E-state index in [1.807, 2.05) is 11.9 Å².